The topological polar surface area (TPSA) is 200 Å². The van der Waals surface area contributed by atoms with Gasteiger partial charge in [-0.3, -0.25) is 25.0 Å². The molecule has 3 rings (SSSR count). The van der Waals surface area contributed by atoms with Crippen LogP contribution in [0.5, 0.6) is 17.2 Å². The van der Waals surface area contributed by atoms with Gasteiger partial charge in [-0.15, -0.1) is 0 Å². The molecular weight excluding hydrogens is 999 g/mol. The van der Waals surface area contributed by atoms with E-state index in [0.29, 0.717) is 22.2 Å². The number of carbonyl (C=O) groups excluding carboxylic acids is 1. The summed E-state index contributed by atoms with van der Waals surface area (Å²) in [7, 11) is 0. The largest absolute Gasteiger partial charge is 1.00 e. The van der Waals surface area contributed by atoms with Gasteiger partial charge >= 0.3 is 103 Å². The summed E-state index contributed by atoms with van der Waals surface area (Å²) in [6.07, 6.45) is 19.5. The van der Waals surface area contributed by atoms with Gasteiger partial charge in [-0.05, 0) is 67.8 Å². The van der Waals surface area contributed by atoms with Crippen LogP contribution in [-0.2, 0) is 108 Å². The first kappa shape index (κ1) is 65.7. The normalized spacial score (nSPS) is 7.64. The van der Waals surface area contributed by atoms with Crippen LogP contribution in [0.4, 0.5) is 17.1 Å². The number of aryl methyl sites for hydroxylation is 3. The zero-order valence-electron chi connectivity index (χ0n) is 29.1. The van der Waals surface area contributed by atoms with E-state index < -0.39 is 9.85 Å². The van der Waals surface area contributed by atoms with Crippen molar-refractivity contribution in [2.45, 2.75) is 20.8 Å². The summed E-state index contributed by atoms with van der Waals surface area (Å²) in [5, 5.41) is 38.6. The average Bonchev–Trinajstić information content (AvgIpc) is 3.02. The summed E-state index contributed by atoms with van der Waals surface area (Å²) in [6, 6.07) is 13.6. The molecule has 3 aromatic rings. The van der Waals surface area contributed by atoms with Gasteiger partial charge in [0.2, 0.25) is 0 Å². The molecule has 0 bridgehead atoms. The molecule has 0 heterocycles. The number of alkyl halides is 1. The summed E-state index contributed by atoms with van der Waals surface area (Å²) in [5.74, 6) is 7.70. The molecule has 0 saturated carbocycles. The van der Waals surface area contributed by atoms with Gasteiger partial charge in [-0.1, -0.05) is 15.9 Å². The Bertz CT molecular complexity index is 1540. The molecule has 3 radical (unpaired) electrons. The van der Waals surface area contributed by atoms with Crippen LogP contribution in [0.1, 0.15) is 18.1 Å². The summed E-state index contributed by atoms with van der Waals surface area (Å²) in [6.45, 7) is 5.30. The van der Waals surface area contributed by atoms with E-state index in [1.807, 2.05) is 13.0 Å². The van der Waals surface area contributed by atoms with Gasteiger partial charge in [-0.25, -0.2) is 0 Å². The molecule has 0 amide bonds. The van der Waals surface area contributed by atoms with Crippen LogP contribution in [0.15, 0.2) is 54.6 Å². The molecular formula is C31H29BrK2N3O10Y3-3. The van der Waals surface area contributed by atoms with Crippen LogP contribution in [-0.4, -0.2) is 40.0 Å². The fourth-order valence-corrected chi connectivity index (χ4v) is 2.72. The maximum absolute atomic E-state index is 10.4. The fraction of sp³-hybridized carbons (Fsp3) is 0.194. The number of carbonyl (C=O) groups is 1. The number of aromatic hydroxyl groups is 1. The van der Waals surface area contributed by atoms with Crippen LogP contribution in [0.25, 0.3) is 0 Å². The van der Waals surface area contributed by atoms with Gasteiger partial charge in [0.1, 0.15) is 30.5 Å². The molecule has 50 heavy (non-hydrogen) atoms. The SMILES string of the molecule is Cc1cc([N+](=O)[O-])ccc1O.O=CO[O-].[C-]#CCBr.[C-]#CCOc1ccc(N)cc1C.[C-]#CCOc1ccc([N+](=O)[O-])cc1C.[H-].[K+].[K+].[Y].[Y].[Y]. The number of benzene rings is 3. The molecule has 0 aliphatic carbocycles. The number of nitrogens with zero attached hydrogens (tertiary/aromatic N) is 2. The monoisotopic (exact) mass is 1030 g/mol. The molecule has 13 nitrogen and oxygen atoms in total. The maximum atomic E-state index is 10.4. The van der Waals surface area contributed by atoms with E-state index in [1.165, 1.54) is 36.4 Å². The number of ether oxygens (including phenoxy) is 2. The van der Waals surface area contributed by atoms with Crippen molar-refractivity contribution < 1.29 is 242 Å². The van der Waals surface area contributed by atoms with E-state index in [-0.39, 0.29) is 239 Å². The van der Waals surface area contributed by atoms with Crippen molar-refractivity contribution in [2.75, 3.05) is 24.3 Å². The number of phenols is 1. The van der Waals surface area contributed by atoms with Gasteiger partial charge in [0, 0.05) is 133 Å². The van der Waals surface area contributed by atoms with E-state index in [9.17, 15) is 20.2 Å². The fourth-order valence-electron chi connectivity index (χ4n) is 2.72. The summed E-state index contributed by atoms with van der Waals surface area (Å²) >= 11 is 2.95. The van der Waals surface area contributed by atoms with Crippen molar-refractivity contribution in [2.24, 2.45) is 0 Å². The smallest absolute Gasteiger partial charge is 1.00 e. The summed E-state index contributed by atoms with van der Waals surface area (Å²) in [5.41, 5.74) is 8.47. The number of nitrogens with two attached hydrogens (primary N) is 1. The van der Waals surface area contributed by atoms with Crippen molar-refractivity contribution >= 4 is 39.5 Å². The minimum atomic E-state index is -0.494. The molecule has 0 atom stereocenters. The molecule has 0 saturated heterocycles. The quantitative estimate of drug-likeness (QED) is 0.0323. The number of nitro groups is 2. The third-order valence-electron chi connectivity index (χ3n) is 4.67. The maximum Gasteiger partial charge on any atom is 1.00 e. The molecule has 19 heteroatoms. The third-order valence-corrected chi connectivity index (χ3v) is 4.95. The first-order valence-electron chi connectivity index (χ1n) is 12.1. The number of hydrogen-bond donors (Lipinski definition) is 2. The first-order chi connectivity index (χ1) is 21.3. The number of halogens is 1. The van der Waals surface area contributed by atoms with Gasteiger partial charge in [0.15, 0.2) is 0 Å². The number of non-ortho nitro benzene ring substituents is 2. The third kappa shape index (κ3) is 33.4. The van der Waals surface area contributed by atoms with Gasteiger partial charge in [0.05, 0.1) is 9.85 Å². The van der Waals surface area contributed by atoms with E-state index in [4.69, 9.17) is 49.6 Å². The molecule has 0 spiro atoms. The van der Waals surface area contributed by atoms with Crippen LogP contribution >= 0.6 is 15.9 Å². The number of nitrogen functional groups attached to an aromatic ring is 1. The van der Waals surface area contributed by atoms with Crippen molar-refractivity contribution in [3.8, 4) is 35.0 Å². The molecule has 0 aliphatic rings. The van der Waals surface area contributed by atoms with Gasteiger partial charge < -0.3 is 68.9 Å². The Hall–Kier alpha value is 0.834. The second-order valence-corrected chi connectivity index (χ2v) is 8.45. The van der Waals surface area contributed by atoms with Crippen molar-refractivity contribution in [1.82, 2.24) is 0 Å². The minimum Gasteiger partial charge on any atom is -1.00 e. The predicted octanol–water partition coefficient (Wildman–Crippen LogP) is -1.45. The number of phenolic OH excluding ortho intramolecular Hbond substituents is 1. The molecule has 249 valence electrons. The van der Waals surface area contributed by atoms with Gasteiger partial charge in [-0.2, -0.15) is 0 Å². The number of hydrogen-bond acceptors (Lipinski definition) is 11. The van der Waals surface area contributed by atoms with Crippen molar-refractivity contribution in [3.05, 3.63) is 111 Å². The summed E-state index contributed by atoms with van der Waals surface area (Å²) in [4.78, 5) is 30.9. The Morgan fingerprint density at radius 2 is 1.16 bits per heavy atom. The average molecular weight is 1030 g/mol. The molecule has 3 N–H and O–H groups in total. The van der Waals surface area contributed by atoms with Crippen LogP contribution in [0.3, 0.4) is 0 Å². The van der Waals surface area contributed by atoms with Crippen molar-refractivity contribution in [3.63, 3.8) is 0 Å². The number of anilines is 1. The molecule has 0 fully saturated rings. The van der Waals surface area contributed by atoms with Crippen LogP contribution < -0.4 is 123 Å². The minimum absolute atomic E-state index is 0. The molecule has 0 aromatic heterocycles. The zero-order valence-corrected chi connectivity index (χ0v) is 44.4. The van der Waals surface area contributed by atoms with E-state index >= 15 is 0 Å². The van der Waals surface area contributed by atoms with Gasteiger partial charge in [0.25, 0.3) is 17.8 Å². The van der Waals surface area contributed by atoms with E-state index in [1.54, 1.807) is 26.0 Å². The second-order valence-electron chi connectivity index (χ2n) is 7.89. The van der Waals surface area contributed by atoms with Crippen molar-refractivity contribution in [1.29, 1.82) is 0 Å². The second kappa shape index (κ2) is 42.6. The van der Waals surface area contributed by atoms with E-state index in [0.717, 1.165) is 17.0 Å². The Balaban J connectivity index is -0.0000000780. The zero-order chi connectivity index (χ0) is 34.8. The Labute approximate surface area is 462 Å². The predicted molar refractivity (Wildman–Crippen MR) is 167 cm³/mol. The summed E-state index contributed by atoms with van der Waals surface area (Å²) < 4.78 is 10.3. The number of nitro benzene ring substituents is 2. The molecule has 0 unspecified atom stereocenters. The first-order valence-corrected chi connectivity index (χ1v) is 13.2. The standard InChI is InChI=1S/C10H8NO3.C10H10NO.C7H7NO3.C3H2Br.CH2O3.2K.3Y.H/c1-3-6-14-10-5-4-9(11(12)13)7-8(10)2;1-3-6-12-10-5-4-9(11)7-8(10)2;1-5-4-6(8(10)11)2-3-7(5)9;1-2-3-4;2-1-4-3;;;;;;/h4-5,7H,6H2,2H3;4-5,7H,6,11H2,2H3;2-4,9H,1H3;3H2;1,3H;;;;;;/q2*-1;;-1;;2*+1;;;;-1/p-1. The van der Waals surface area contributed by atoms with E-state index in [2.05, 4.69) is 38.6 Å². The number of rotatable bonds is 7. The molecule has 0 aliphatic heterocycles. The Morgan fingerprint density at radius 3 is 1.46 bits per heavy atom. The Morgan fingerprint density at radius 1 is 0.800 bits per heavy atom. The molecule has 3 aromatic carbocycles. The van der Waals surface area contributed by atoms with Crippen LogP contribution in [0.2, 0.25) is 0 Å². The Kier molecular flexibility index (Phi) is 55.9. The van der Waals surface area contributed by atoms with Crippen LogP contribution in [0, 0.1) is 78.0 Å².